The normalized spacial score (nSPS) is 10.5. The highest BCUT2D eigenvalue weighted by Crippen LogP contribution is 2.22. The standard InChI is InChI=1S/C16H16BrFN2O/c1-10(2)19-15-6-4-3-5-12(15)16(21)20-11-7-8-14(18)13(17)9-11/h3-10,19H,1-2H3,(H,20,21). The molecule has 0 atom stereocenters. The van der Waals surface area contributed by atoms with Gasteiger partial charge in [0.05, 0.1) is 10.0 Å². The van der Waals surface area contributed by atoms with Crippen molar-refractivity contribution in [3.05, 3.63) is 58.3 Å². The molecule has 2 rings (SSSR count). The average Bonchev–Trinajstić information content (AvgIpc) is 2.43. The van der Waals surface area contributed by atoms with Crippen molar-refractivity contribution in [2.75, 3.05) is 10.6 Å². The van der Waals surface area contributed by atoms with Crippen LogP contribution in [0, 0.1) is 5.82 Å². The summed E-state index contributed by atoms with van der Waals surface area (Å²) in [6.45, 7) is 4.01. The number of benzene rings is 2. The molecule has 0 saturated carbocycles. The van der Waals surface area contributed by atoms with Gasteiger partial charge in [0.15, 0.2) is 0 Å². The van der Waals surface area contributed by atoms with Gasteiger partial charge in [0, 0.05) is 17.4 Å². The summed E-state index contributed by atoms with van der Waals surface area (Å²) in [4.78, 5) is 12.4. The van der Waals surface area contributed by atoms with Crippen molar-refractivity contribution in [3.63, 3.8) is 0 Å². The first-order valence-corrected chi connectivity index (χ1v) is 7.38. The van der Waals surface area contributed by atoms with Crippen molar-refractivity contribution in [1.29, 1.82) is 0 Å². The lowest BCUT2D eigenvalue weighted by Gasteiger charge is -2.14. The summed E-state index contributed by atoms with van der Waals surface area (Å²) < 4.78 is 13.5. The van der Waals surface area contributed by atoms with Crippen LogP contribution in [-0.2, 0) is 0 Å². The van der Waals surface area contributed by atoms with Crippen LogP contribution in [0.4, 0.5) is 15.8 Å². The monoisotopic (exact) mass is 350 g/mol. The number of amides is 1. The molecule has 2 aromatic rings. The maximum atomic E-state index is 13.2. The number of nitrogens with one attached hydrogen (secondary N) is 2. The Kier molecular flexibility index (Phi) is 4.96. The molecule has 5 heteroatoms. The molecule has 0 fully saturated rings. The van der Waals surface area contributed by atoms with Crippen LogP contribution in [0.15, 0.2) is 46.9 Å². The van der Waals surface area contributed by atoms with Gasteiger partial charge >= 0.3 is 0 Å². The van der Waals surface area contributed by atoms with Crippen molar-refractivity contribution in [2.24, 2.45) is 0 Å². The maximum Gasteiger partial charge on any atom is 0.257 e. The summed E-state index contributed by atoms with van der Waals surface area (Å²) >= 11 is 3.10. The number of hydrogen-bond donors (Lipinski definition) is 2. The summed E-state index contributed by atoms with van der Waals surface area (Å²) in [5.74, 6) is -0.605. The fourth-order valence-electron chi connectivity index (χ4n) is 1.89. The predicted octanol–water partition coefficient (Wildman–Crippen LogP) is 4.66. The third-order valence-corrected chi connectivity index (χ3v) is 3.40. The number of carbonyl (C=O) groups excluding carboxylic acids is 1. The number of hydrogen-bond acceptors (Lipinski definition) is 2. The zero-order valence-corrected chi connectivity index (χ0v) is 13.4. The van der Waals surface area contributed by atoms with Crippen molar-refractivity contribution < 1.29 is 9.18 Å². The first-order valence-electron chi connectivity index (χ1n) is 6.59. The van der Waals surface area contributed by atoms with E-state index in [-0.39, 0.29) is 17.8 Å². The van der Waals surface area contributed by atoms with Gasteiger partial charge in [-0.25, -0.2) is 4.39 Å². The lowest BCUT2D eigenvalue weighted by Crippen LogP contribution is -2.17. The molecule has 0 aliphatic heterocycles. The van der Waals surface area contributed by atoms with E-state index in [9.17, 15) is 9.18 Å². The van der Waals surface area contributed by atoms with Gasteiger partial charge in [0.25, 0.3) is 5.91 Å². The molecule has 110 valence electrons. The molecule has 0 radical (unpaired) electrons. The second kappa shape index (κ2) is 6.72. The van der Waals surface area contributed by atoms with E-state index < -0.39 is 0 Å². The van der Waals surface area contributed by atoms with E-state index in [0.717, 1.165) is 5.69 Å². The van der Waals surface area contributed by atoms with Crippen molar-refractivity contribution >= 4 is 33.2 Å². The minimum Gasteiger partial charge on any atom is -0.382 e. The molecule has 0 aromatic heterocycles. The molecule has 0 saturated heterocycles. The van der Waals surface area contributed by atoms with Gasteiger partial charge in [0.2, 0.25) is 0 Å². The quantitative estimate of drug-likeness (QED) is 0.841. The van der Waals surface area contributed by atoms with Gasteiger partial charge in [-0.15, -0.1) is 0 Å². The van der Waals surface area contributed by atoms with Crippen LogP contribution in [0.2, 0.25) is 0 Å². The Morgan fingerprint density at radius 1 is 1.19 bits per heavy atom. The van der Waals surface area contributed by atoms with E-state index in [1.54, 1.807) is 12.1 Å². The van der Waals surface area contributed by atoms with E-state index in [1.165, 1.54) is 18.2 Å². The lowest BCUT2D eigenvalue weighted by atomic mass is 10.1. The Morgan fingerprint density at radius 3 is 2.57 bits per heavy atom. The Labute approximate surface area is 131 Å². The highest BCUT2D eigenvalue weighted by atomic mass is 79.9. The van der Waals surface area contributed by atoms with Gasteiger partial charge in [-0.2, -0.15) is 0 Å². The molecule has 0 spiro atoms. The third kappa shape index (κ3) is 4.04. The molecule has 0 heterocycles. The minimum atomic E-state index is -0.366. The van der Waals surface area contributed by atoms with Gasteiger partial charge in [0.1, 0.15) is 5.82 Å². The zero-order valence-electron chi connectivity index (χ0n) is 11.8. The van der Waals surface area contributed by atoms with E-state index in [4.69, 9.17) is 0 Å². The van der Waals surface area contributed by atoms with Crippen LogP contribution >= 0.6 is 15.9 Å². The Balaban J connectivity index is 2.22. The van der Waals surface area contributed by atoms with Crippen LogP contribution < -0.4 is 10.6 Å². The molecule has 3 nitrogen and oxygen atoms in total. The smallest absolute Gasteiger partial charge is 0.257 e. The molecular formula is C16H16BrFN2O. The zero-order chi connectivity index (χ0) is 15.4. The fraction of sp³-hybridized carbons (Fsp3) is 0.188. The second-order valence-corrected chi connectivity index (χ2v) is 5.78. The van der Waals surface area contributed by atoms with Crippen molar-refractivity contribution in [1.82, 2.24) is 0 Å². The molecule has 0 aliphatic rings. The molecule has 2 N–H and O–H groups in total. The molecule has 21 heavy (non-hydrogen) atoms. The number of halogens is 2. The summed E-state index contributed by atoms with van der Waals surface area (Å²) in [5, 5.41) is 5.99. The first kappa shape index (κ1) is 15.5. The lowest BCUT2D eigenvalue weighted by molar-refractivity contribution is 0.102. The minimum absolute atomic E-state index is 0.221. The number of anilines is 2. The summed E-state index contributed by atoms with van der Waals surface area (Å²) in [6, 6.07) is 11.9. The summed E-state index contributed by atoms with van der Waals surface area (Å²) in [5.41, 5.74) is 1.85. The molecule has 0 bridgehead atoms. The van der Waals surface area contributed by atoms with E-state index in [1.807, 2.05) is 26.0 Å². The number of carbonyl (C=O) groups is 1. The van der Waals surface area contributed by atoms with Crippen LogP contribution in [0.25, 0.3) is 0 Å². The Morgan fingerprint density at radius 2 is 1.90 bits per heavy atom. The van der Waals surface area contributed by atoms with Gasteiger partial charge in [-0.1, -0.05) is 12.1 Å². The Hall–Kier alpha value is -1.88. The van der Waals surface area contributed by atoms with Gasteiger partial charge in [-0.3, -0.25) is 4.79 Å². The molecule has 0 aliphatic carbocycles. The molecule has 0 unspecified atom stereocenters. The van der Waals surface area contributed by atoms with Crippen LogP contribution in [0.3, 0.4) is 0 Å². The van der Waals surface area contributed by atoms with Crippen molar-refractivity contribution in [3.8, 4) is 0 Å². The summed E-state index contributed by atoms with van der Waals surface area (Å²) in [6.07, 6.45) is 0. The van der Waals surface area contributed by atoms with Gasteiger partial charge < -0.3 is 10.6 Å². The summed E-state index contributed by atoms with van der Waals surface area (Å²) in [7, 11) is 0. The van der Waals surface area contributed by atoms with Crippen LogP contribution in [-0.4, -0.2) is 11.9 Å². The Bertz CT molecular complexity index is 658. The van der Waals surface area contributed by atoms with E-state index in [0.29, 0.717) is 15.7 Å². The number of para-hydroxylation sites is 1. The number of rotatable bonds is 4. The van der Waals surface area contributed by atoms with Crippen LogP contribution in [0.5, 0.6) is 0 Å². The fourth-order valence-corrected chi connectivity index (χ4v) is 2.27. The largest absolute Gasteiger partial charge is 0.382 e. The molecular weight excluding hydrogens is 335 g/mol. The van der Waals surface area contributed by atoms with Crippen molar-refractivity contribution in [2.45, 2.75) is 19.9 Å². The SMILES string of the molecule is CC(C)Nc1ccccc1C(=O)Nc1ccc(F)c(Br)c1. The first-order chi connectivity index (χ1) is 9.97. The van der Waals surface area contributed by atoms with Gasteiger partial charge in [-0.05, 0) is 60.1 Å². The van der Waals surface area contributed by atoms with E-state index >= 15 is 0 Å². The maximum absolute atomic E-state index is 13.2. The second-order valence-electron chi connectivity index (χ2n) is 4.93. The third-order valence-electron chi connectivity index (χ3n) is 2.79. The highest BCUT2D eigenvalue weighted by molar-refractivity contribution is 9.10. The highest BCUT2D eigenvalue weighted by Gasteiger charge is 2.12. The van der Waals surface area contributed by atoms with Crippen LogP contribution in [0.1, 0.15) is 24.2 Å². The topological polar surface area (TPSA) is 41.1 Å². The molecule has 2 aromatic carbocycles. The average molecular weight is 351 g/mol. The molecule has 1 amide bonds. The van der Waals surface area contributed by atoms with E-state index in [2.05, 4.69) is 26.6 Å². The predicted molar refractivity (Wildman–Crippen MR) is 87.3 cm³/mol.